The smallest absolute Gasteiger partial charge is 0.319 e. The Morgan fingerprint density at radius 3 is 2.63 bits per heavy atom. The van der Waals surface area contributed by atoms with Crippen LogP contribution in [-0.4, -0.2) is 23.1 Å². The fourth-order valence-electron chi connectivity index (χ4n) is 2.29. The van der Waals surface area contributed by atoms with Crippen molar-refractivity contribution in [1.82, 2.24) is 5.32 Å². The third-order valence-electron chi connectivity index (χ3n) is 3.33. The third kappa shape index (κ3) is 3.37. The summed E-state index contributed by atoms with van der Waals surface area (Å²) in [5.41, 5.74) is 6.76. The summed E-state index contributed by atoms with van der Waals surface area (Å²) in [6, 6.07) is 6.53. The molecule has 102 valence electrons. The molecule has 0 heterocycles. The maximum absolute atomic E-state index is 11.8. The maximum Gasteiger partial charge on any atom is 0.319 e. The number of aliphatic carboxylic acids is 1. The molecule has 2 amide bonds. The SMILES string of the molecule is Nc1ccccc1NC(=O)NC1CCC(C(=O)O)C1. The molecule has 2 unspecified atom stereocenters. The van der Waals surface area contributed by atoms with Gasteiger partial charge in [0.25, 0.3) is 0 Å². The molecule has 1 saturated carbocycles. The Labute approximate surface area is 111 Å². The van der Waals surface area contributed by atoms with E-state index in [9.17, 15) is 9.59 Å². The first-order chi connectivity index (χ1) is 9.06. The second-order valence-electron chi connectivity index (χ2n) is 4.73. The van der Waals surface area contributed by atoms with Gasteiger partial charge in [0.15, 0.2) is 0 Å². The molecule has 2 rings (SSSR count). The highest BCUT2D eigenvalue weighted by atomic mass is 16.4. The van der Waals surface area contributed by atoms with Crippen LogP contribution in [0.4, 0.5) is 16.2 Å². The van der Waals surface area contributed by atoms with Crippen molar-refractivity contribution >= 4 is 23.4 Å². The molecule has 1 aromatic rings. The minimum atomic E-state index is -0.794. The molecule has 19 heavy (non-hydrogen) atoms. The summed E-state index contributed by atoms with van der Waals surface area (Å²) in [6.07, 6.45) is 1.77. The highest BCUT2D eigenvalue weighted by Gasteiger charge is 2.30. The van der Waals surface area contributed by atoms with E-state index in [-0.39, 0.29) is 18.0 Å². The summed E-state index contributed by atoms with van der Waals surface area (Å²) >= 11 is 0. The molecule has 0 bridgehead atoms. The van der Waals surface area contributed by atoms with Gasteiger partial charge in [0, 0.05) is 6.04 Å². The van der Waals surface area contributed by atoms with Crippen molar-refractivity contribution in [2.24, 2.45) is 5.92 Å². The van der Waals surface area contributed by atoms with Crippen LogP contribution in [0.2, 0.25) is 0 Å². The van der Waals surface area contributed by atoms with Crippen LogP contribution in [0.3, 0.4) is 0 Å². The number of para-hydroxylation sites is 2. The van der Waals surface area contributed by atoms with Gasteiger partial charge in [0.1, 0.15) is 0 Å². The van der Waals surface area contributed by atoms with Crippen LogP contribution in [0.5, 0.6) is 0 Å². The third-order valence-corrected chi connectivity index (χ3v) is 3.33. The Balaban J connectivity index is 1.86. The molecule has 5 N–H and O–H groups in total. The van der Waals surface area contributed by atoms with E-state index in [1.54, 1.807) is 24.3 Å². The lowest BCUT2D eigenvalue weighted by Crippen LogP contribution is -2.36. The minimum Gasteiger partial charge on any atom is -0.481 e. The number of carboxylic acids is 1. The number of nitrogens with one attached hydrogen (secondary N) is 2. The highest BCUT2D eigenvalue weighted by Crippen LogP contribution is 2.25. The van der Waals surface area contributed by atoms with E-state index in [4.69, 9.17) is 10.8 Å². The van der Waals surface area contributed by atoms with Gasteiger partial charge in [-0.3, -0.25) is 4.79 Å². The van der Waals surface area contributed by atoms with E-state index in [0.29, 0.717) is 30.6 Å². The van der Waals surface area contributed by atoms with Gasteiger partial charge in [-0.05, 0) is 31.4 Å². The van der Waals surface area contributed by atoms with Crippen LogP contribution in [0.25, 0.3) is 0 Å². The first-order valence-electron chi connectivity index (χ1n) is 6.21. The summed E-state index contributed by atoms with van der Waals surface area (Å²) in [5, 5.41) is 14.3. The summed E-state index contributed by atoms with van der Waals surface area (Å²) in [5.74, 6) is -1.15. The van der Waals surface area contributed by atoms with Gasteiger partial charge < -0.3 is 21.5 Å². The van der Waals surface area contributed by atoms with Gasteiger partial charge in [0.05, 0.1) is 17.3 Å². The summed E-state index contributed by atoms with van der Waals surface area (Å²) in [7, 11) is 0. The standard InChI is InChI=1S/C13H17N3O3/c14-10-3-1-2-4-11(10)16-13(19)15-9-6-5-8(7-9)12(17)18/h1-4,8-9H,5-7,14H2,(H,17,18)(H2,15,16,19). The minimum absolute atomic E-state index is 0.0916. The lowest BCUT2D eigenvalue weighted by atomic mass is 10.1. The van der Waals surface area contributed by atoms with E-state index < -0.39 is 5.97 Å². The highest BCUT2D eigenvalue weighted by molar-refractivity contribution is 5.92. The quantitative estimate of drug-likeness (QED) is 0.622. The largest absolute Gasteiger partial charge is 0.481 e. The second kappa shape index (κ2) is 5.60. The Morgan fingerprint density at radius 1 is 1.26 bits per heavy atom. The lowest BCUT2D eigenvalue weighted by Gasteiger charge is -2.14. The molecule has 1 aromatic carbocycles. The normalized spacial score (nSPS) is 21.9. The fraction of sp³-hybridized carbons (Fsp3) is 0.385. The number of amides is 2. The first kappa shape index (κ1) is 13.2. The van der Waals surface area contributed by atoms with Crippen LogP contribution < -0.4 is 16.4 Å². The van der Waals surface area contributed by atoms with Crippen LogP contribution in [-0.2, 0) is 4.79 Å². The first-order valence-corrected chi connectivity index (χ1v) is 6.21. The number of carboxylic acid groups (broad SMARTS) is 1. The average Bonchev–Trinajstić information content (AvgIpc) is 2.80. The molecule has 6 heteroatoms. The van der Waals surface area contributed by atoms with Gasteiger partial charge in [-0.2, -0.15) is 0 Å². The number of nitrogen functional groups attached to an aromatic ring is 1. The van der Waals surface area contributed by atoms with Crippen molar-refractivity contribution in [3.05, 3.63) is 24.3 Å². The van der Waals surface area contributed by atoms with Crippen LogP contribution in [0, 0.1) is 5.92 Å². The number of benzene rings is 1. The lowest BCUT2D eigenvalue weighted by molar-refractivity contribution is -0.141. The number of anilines is 2. The van der Waals surface area contributed by atoms with Crippen molar-refractivity contribution in [2.45, 2.75) is 25.3 Å². The molecule has 1 aliphatic rings. The van der Waals surface area contributed by atoms with Crippen LogP contribution >= 0.6 is 0 Å². The number of carbonyl (C=O) groups excluding carboxylic acids is 1. The number of rotatable bonds is 3. The molecule has 0 aliphatic heterocycles. The zero-order valence-electron chi connectivity index (χ0n) is 10.4. The molecule has 0 saturated heterocycles. The molecule has 2 atom stereocenters. The topological polar surface area (TPSA) is 104 Å². The number of carbonyl (C=O) groups is 2. The molecule has 0 spiro atoms. The molecular weight excluding hydrogens is 246 g/mol. The fourth-order valence-corrected chi connectivity index (χ4v) is 2.29. The number of hydrogen-bond acceptors (Lipinski definition) is 3. The zero-order valence-corrected chi connectivity index (χ0v) is 10.4. The molecule has 1 aliphatic carbocycles. The van der Waals surface area contributed by atoms with Crippen LogP contribution in [0.15, 0.2) is 24.3 Å². The predicted molar refractivity (Wildman–Crippen MR) is 71.8 cm³/mol. The monoisotopic (exact) mass is 263 g/mol. The van der Waals surface area contributed by atoms with E-state index >= 15 is 0 Å². The van der Waals surface area contributed by atoms with Gasteiger partial charge >= 0.3 is 12.0 Å². The second-order valence-corrected chi connectivity index (χ2v) is 4.73. The number of hydrogen-bond donors (Lipinski definition) is 4. The Kier molecular flexibility index (Phi) is 3.89. The predicted octanol–water partition coefficient (Wildman–Crippen LogP) is 1.64. The maximum atomic E-state index is 11.8. The van der Waals surface area contributed by atoms with E-state index in [0.717, 1.165) is 0 Å². The van der Waals surface area contributed by atoms with Crippen molar-refractivity contribution in [1.29, 1.82) is 0 Å². The van der Waals surface area contributed by atoms with Crippen LogP contribution in [0.1, 0.15) is 19.3 Å². The Morgan fingerprint density at radius 2 is 2.00 bits per heavy atom. The number of nitrogens with two attached hydrogens (primary N) is 1. The van der Waals surface area contributed by atoms with Crippen molar-refractivity contribution in [2.75, 3.05) is 11.1 Å². The number of urea groups is 1. The average molecular weight is 263 g/mol. The van der Waals surface area contributed by atoms with Gasteiger partial charge in [0.2, 0.25) is 0 Å². The van der Waals surface area contributed by atoms with E-state index in [2.05, 4.69) is 10.6 Å². The summed E-state index contributed by atoms with van der Waals surface area (Å²) in [4.78, 5) is 22.6. The van der Waals surface area contributed by atoms with Crippen molar-refractivity contribution in [3.63, 3.8) is 0 Å². The molecule has 0 aromatic heterocycles. The molecule has 0 radical (unpaired) electrons. The van der Waals surface area contributed by atoms with Gasteiger partial charge in [-0.25, -0.2) is 4.79 Å². The van der Waals surface area contributed by atoms with Gasteiger partial charge in [-0.1, -0.05) is 12.1 Å². The Hall–Kier alpha value is -2.24. The van der Waals surface area contributed by atoms with E-state index in [1.165, 1.54) is 0 Å². The molecular formula is C13H17N3O3. The Bertz CT molecular complexity index is 490. The zero-order chi connectivity index (χ0) is 13.8. The summed E-state index contributed by atoms with van der Waals surface area (Å²) in [6.45, 7) is 0. The van der Waals surface area contributed by atoms with Crippen molar-refractivity contribution in [3.8, 4) is 0 Å². The molecule has 1 fully saturated rings. The van der Waals surface area contributed by atoms with Gasteiger partial charge in [-0.15, -0.1) is 0 Å². The summed E-state index contributed by atoms with van der Waals surface area (Å²) < 4.78 is 0. The molecule has 6 nitrogen and oxygen atoms in total. The van der Waals surface area contributed by atoms with Crippen molar-refractivity contribution < 1.29 is 14.7 Å². The van der Waals surface area contributed by atoms with E-state index in [1.807, 2.05) is 0 Å².